The average molecular weight is 336 g/mol. The summed E-state index contributed by atoms with van der Waals surface area (Å²) >= 11 is 5.87. The molecule has 1 rings (SSSR count). The first kappa shape index (κ1) is 17.2. The highest BCUT2D eigenvalue weighted by Gasteiger charge is 2.18. The van der Waals surface area contributed by atoms with Crippen LogP contribution >= 0.6 is 11.6 Å². The highest BCUT2D eigenvalue weighted by molar-refractivity contribution is 7.92. The minimum Gasteiger partial charge on any atom is -0.481 e. The number of sulfonamides is 1. The van der Waals surface area contributed by atoms with Crippen molar-refractivity contribution in [2.75, 3.05) is 16.3 Å². The molecule has 0 fully saturated rings. The minimum absolute atomic E-state index is 0.121. The molecule has 0 bridgehead atoms. The van der Waals surface area contributed by atoms with Gasteiger partial charge in [0.05, 0.1) is 35.1 Å². The van der Waals surface area contributed by atoms with Crippen LogP contribution in [-0.2, 0) is 19.6 Å². The monoisotopic (exact) mass is 335 g/mol. The van der Waals surface area contributed by atoms with Crippen molar-refractivity contribution in [3.05, 3.63) is 23.2 Å². The third-order valence-electron chi connectivity index (χ3n) is 2.26. The molecule has 8 nitrogen and oxygen atoms in total. The molecule has 1 unspecified atom stereocenters. The molecule has 0 aliphatic rings. The van der Waals surface area contributed by atoms with E-state index in [0.29, 0.717) is 0 Å². The van der Waals surface area contributed by atoms with Gasteiger partial charge in [0.2, 0.25) is 15.9 Å². The highest BCUT2D eigenvalue weighted by Crippen LogP contribution is 2.26. The summed E-state index contributed by atoms with van der Waals surface area (Å²) in [5.74, 6) is -1.95. The predicted octanol–water partition coefficient (Wildman–Crippen LogP) is 0.452. The van der Waals surface area contributed by atoms with Crippen LogP contribution in [0.1, 0.15) is 6.42 Å². The van der Waals surface area contributed by atoms with Crippen molar-refractivity contribution >= 4 is 44.9 Å². The molecule has 21 heavy (non-hydrogen) atoms. The lowest BCUT2D eigenvalue weighted by atomic mass is 10.2. The molecule has 5 N–H and O–H groups in total. The summed E-state index contributed by atoms with van der Waals surface area (Å²) in [5.41, 5.74) is 5.73. The molecule has 0 aliphatic heterocycles. The number of rotatable bonds is 6. The zero-order valence-electron chi connectivity index (χ0n) is 11.0. The Bertz CT molecular complexity index is 662. The Morgan fingerprint density at radius 1 is 1.43 bits per heavy atom. The number of hydrogen-bond acceptors (Lipinski definition) is 5. The molecular formula is C11H14ClN3O5S. The van der Waals surface area contributed by atoms with Gasteiger partial charge in [-0.2, -0.15) is 0 Å². The number of halogens is 1. The van der Waals surface area contributed by atoms with E-state index >= 15 is 0 Å². The molecule has 1 aromatic carbocycles. The summed E-state index contributed by atoms with van der Waals surface area (Å²) in [6, 6.07) is 2.85. The van der Waals surface area contributed by atoms with Crippen molar-refractivity contribution in [2.24, 2.45) is 5.73 Å². The van der Waals surface area contributed by atoms with Crippen LogP contribution in [0, 0.1) is 0 Å². The topological polar surface area (TPSA) is 139 Å². The summed E-state index contributed by atoms with van der Waals surface area (Å²) in [6.07, 6.45) is 0.438. The molecule has 1 aromatic rings. The first-order valence-electron chi connectivity index (χ1n) is 5.64. The molecule has 0 aliphatic carbocycles. The maximum Gasteiger partial charge on any atom is 0.305 e. The van der Waals surface area contributed by atoms with Gasteiger partial charge < -0.3 is 16.2 Å². The third-order valence-corrected chi connectivity index (χ3v) is 3.19. The number of anilines is 2. The summed E-state index contributed by atoms with van der Waals surface area (Å²) in [7, 11) is -3.48. The summed E-state index contributed by atoms with van der Waals surface area (Å²) in [4.78, 5) is 22.2. The van der Waals surface area contributed by atoms with E-state index in [0.717, 1.165) is 6.26 Å². The zero-order valence-corrected chi connectivity index (χ0v) is 12.5. The first-order valence-corrected chi connectivity index (χ1v) is 7.91. The fraction of sp³-hybridized carbons (Fsp3) is 0.273. The lowest BCUT2D eigenvalue weighted by molar-refractivity contribution is -0.138. The molecule has 0 saturated carbocycles. The maximum absolute atomic E-state index is 11.7. The van der Waals surface area contributed by atoms with Crippen molar-refractivity contribution in [3.63, 3.8) is 0 Å². The maximum atomic E-state index is 11.7. The van der Waals surface area contributed by atoms with E-state index in [1.807, 2.05) is 0 Å². The van der Waals surface area contributed by atoms with Crippen LogP contribution < -0.4 is 15.8 Å². The molecule has 1 atom stereocenters. The van der Waals surface area contributed by atoms with Gasteiger partial charge in [-0.25, -0.2) is 8.42 Å². The summed E-state index contributed by atoms with van der Waals surface area (Å²) < 4.78 is 24.5. The average Bonchev–Trinajstić information content (AvgIpc) is 2.30. The van der Waals surface area contributed by atoms with Gasteiger partial charge in [-0.05, 0) is 18.2 Å². The Morgan fingerprint density at radius 3 is 2.57 bits per heavy atom. The van der Waals surface area contributed by atoms with Crippen molar-refractivity contribution in [2.45, 2.75) is 12.5 Å². The molecule has 0 radical (unpaired) electrons. The van der Waals surface area contributed by atoms with E-state index in [4.69, 9.17) is 22.4 Å². The number of nitrogens with one attached hydrogen (secondary N) is 2. The van der Waals surface area contributed by atoms with E-state index in [1.54, 1.807) is 0 Å². The van der Waals surface area contributed by atoms with E-state index in [-0.39, 0.29) is 16.4 Å². The van der Waals surface area contributed by atoms with Gasteiger partial charge in [-0.15, -0.1) is 0 Å². The van der Waals surface area contributed by atoms with Crippen LogP contribution in [0.2, 0.25) is 5.02 Å². The number of amides is 1. The van der Waals surface area contributed by atoms with Crippen molar-refractivity contribution in [1.29, 1.82) is 0 Å². The molecule has 116 valence electrons. The van der Waals surface area contributed by atoms with Gasteiger partial charge >= 0.3 is 5.97 Å². The minimum atomic E-state index is -3.48. The van der Waals surface area contributed by atoms with Gasteiger partial charge in [-0.3, -0.25) is 14.3 Å². The number of hydrogen-bond donors (Lipinski definition) is 4. The SMILES string of the molecule is CS(=O)(=O)Nc1ccc(Cl)c(NC(=O)C(N)CC(=O)O)c1. The van der Waals surface area contributed by atoms with Crippen LogP contribution in [0.4, 0.5) is 11.4 Å². The number of carboxylic acids is 1. The fourth-order valence-corrected chi connectivity index (χ4v) is 2.12. The van der Waals surface area contributed by atoms with Crippen LogP contribution in [0.25, 0.3) is 0 Å². The zero-order chi connectivity index (χ0) is 16.2. The molecule has 0 spiro atoms. The van der Waals surface area contributed by atoms with Crippen LogP contribution in [0.5, 0.6) is 0 Å². The van der Waals surface area contributed by atoms with Gasteiger partial charge in [0, 0.05) is 0 Å². The number of carbonyl (C=O) groups is 2. The first-order chi connectivity index (χ1) is 9.58. The molecule has 0 heterocycles. The van der Waals surface area contributed by atoms with Gasteiger partial charge in [0.15, 0.2) is 0 Å². The smallest absolute Gasteiger partial charge is 0.305 e. The third kappa shape index (κ3) is 5.98. The second-order valence-electron chi connectivity index (χ2n) is 4.26. The summed E-state index contributed by atoms with van der Waals surface area (Å²) in [6.45, 7) is 0. The Hall–Kier alpha value is -1.84. The van der Waals surface area contributed by atoms with Crippen LogP contribution in [0.3, 0.4) is 0 Å². The Morgan fingerprint density at radius 2 is 2.05 bits per heavy atom. The van der Waals surface area contributed by atoms with Crippen molar-refractivity contribution in [1.82, 2.24) is 0 Å². The quantitative estimate of drug-likeness (QED) is 0.595. The standard InChI is InChI=1S/C11H14ClN3O5S/c1-21(19,20)15-6-2-3-7(12)9(4-6)14-11(18)8(13)5-10(16)17/h2-4,8,15H,5,13H2,1H3,(H,14,18)(H,16,17). The van der Waals surface area contributed by atoms with E-state index in [2.05, 4.69) is 10.0 Å². The Balaban J connectivity index is 2.90. The molecule has 0 aromatic heterocycles. The Kier molecular flexibility index (Phi) is 5.53. The molecule has 10 heteroatoms. The Labute approximate surface area is 126 Å². The van der Waals surface area contributed by atoms with Crippen molar-refractivity contribution < 1.29 is 23.1 Å². The van der Waals surface area contributed by atoms with E-state index in [9.17, 15) is 18.0 Å². The number of aliphatic carboxylic acids is 1. The number of benzene rings is 1. The van der Waals surface area contributed by atoms with Gasteiger partial charge in [0.25, 0.3) is 0 Å². The van der Waals surface area contributed by atoms with Gasteiger partial charge in [-0.1, -0.05) is 11.6 Å². The lowest BCUT2D eigenvalue weighted by Crippen LogP contribution is -2.37. The normalized spacial score (nSPS) is 12.5. The number of carboxylic acid groups (broad SMARTS) is 1. The van der Waals surface area contributed by atoms with Crippen LogP contribution in [0.15, 0.2) is 18.2 Å². The van der Waals surface area contributed by atoms with Crippen LogP contribution in [-0.4, -0.2) is 37.7 Å². The molecular weight excluding hydrogens is 322 g/mol. The highest BCUT2D eigenvalue weighted by atomic mass is 35.5. The molecule has 1 amide bonds. The van der Waals surface area contributed by atoms with E-state index in [1.165, 1.54) is 18.2 Å². The number of nitrogens with two attached hydrogens (primary N) is 1. The van der Waals surface area contributed by atoms with E-state index < -0.39 is 34.4 Å². The lowest BCUT2D eigenvalue weighted by Gasteiger charge is -2.13. The molecule has 0 saturated heterocycles. The second kappa shape index (κ2) is 6.74. The van der Waals surface area contributed by atoms with Gasteiger partial charge in [0.1, 0.15) is 0 Å². The number of carbonyl (C=O) groups excluding carboxylic acids is 1. The fourth-order valence-electron chi connectivity index (χ4n) is 1.40. The summed E-state index contributed by atoms with van der Waals surface area (Å²) in [5, 5.41) is 11.1. The predicted molar refractivity (Wildman–Crippen MR) is 78.8 cm³/mol. The van der Waals surface area contributed by atoms with Crippen molar-refractivity contribution in [3.8, 4) is 0 Å². The largest absolute Gasteiger partial charge is 0.481 e. The second-order valence-corrected chi connectivity index (χ2v) is 6.42.